The summed E-state index contributed by atoms with van der Waals surface area (Å²) in [6.07, 6.45) is 0. The van der Waals surface area contributed by atoms with Crippen molar-refractivity contribution >= 4 is 22.6 Å². The van der Waals surface area contributed by atoms with Gasteiger partial charge in [-0.3, -0.25) is 5.84 Å². The Morgan fingerprint density at radius 2 is 2.11 bits per heavy atom. The molecule has 0 aliphatic rings. The molecule has 4 nitrogen and oxygen atoms in total. The highest BCUT2D eigenvalue weighted by molar-refractivity contribution is 6.31. The van der Waals surface area contributed by atoms with Gasteiger partial charge in [-0.15, -0.1) is 0 Å². The molecule has 1 heterocycles. The van der Waals surface area contributed by atoms with E-state index in [1.807, 2.05) is 39.0 Å². The molecule has 104 valence electrons. The Bertz CT molecular complexity index is 560. The van der Waals surface area contributed by atoms with Gasteiger partial charge in [-0.2, -0.15) is 0 Å². The van der Waals surface area contributed by atoms with E-state index in [4.69, 9.17) is 26.6 Å². The van der Waals surface area contributed by atoms with Crippen LogP contribution in [0, 0.1) is 0 Å². The molecule has 2 rings (SSSR count). The highest BCUT2D eigenvalue weighted by atomic mass is 35.5. The maximum atomic E-state index is 5.96. The van der Waals surface area contributed by atoms with Crippen molar-refractivity contribution in [1.82, 2.24) is 5.43 Å². The van der Waals surface area contributed by atoms with Crippen LogP contribution in [0.5, 0.6) is 0 Å². The molecule has 1 atom stereocenters. The highest BCUT2D eigenvalue weighted by Crippen LogP contribution is 2.27. The fourth-order valence-corrected chi connectivity index (χ4v) is 1.93. The molecule has 1 aromatic carbocycles. The normalized spacial score (nSPS) is 13.9. The van der Waals surface area contributed by atoms with Crippen molar-refractivity contribution in [2.75, 3.05) is 6.61 Å². The number of nitrogens with one attached hydrogen (secondary N) is 1. The zero-order valence-electron chi connectivity index (χ0n) is 11.4. The van der Waals surface area contributed by atoms with E-state index in [0.717, 1.165) is 16.7 Å². The van der Waals surface area contributed by atoms with Crippen molar-refractivity contribution in [2.45, 2.75) is 32.4 Å². The summed E-state index contributed by atoms with van der Waals surface area (Å²) >= 11 is 5.96. The molecule has 2 aromatic rings. The molecule has 0 saturated heterocycles. The summed E-state index contributed by atoms with van der Waals surface area (Å²) in [7, 11) is 0. The third kappa shape index (κ3) is 3.70. The van der Waals surface area contributed by atoms with Gasteiger partial charge >= 0.3 is 0 Å². The van der Waals surface area contributed by atoms with Crippen LogP contribution < -0.4 is 11.3 Å². The van der Waals surface area contributed by atoms with E-state index in [-0.39, 0.29) is 11.6 Å². The van der Waals surface area contributed by atoms with Crippen LogP contribution in [-0.4, -0.2) is 12.2 Å². The second-order valence-corrected chi connectivity index (χ2v) is 5.91. The first-order chi connectivity index (χ1) is 8.89. The number of hydrogen-bond acceptors (Lipinski definition) is 4. The van der Waals surface area contributed by atoms with Crippen molar-refractivity contribution < 1.29 is 9.15 Å². The van der Waals surface area contributed by atoms with Gasteiger partial charge in [0.2, 0.25) is 0 Å². The molecule has 0 aliphatic carbocycles. The maximum absolute atomic E-state index is 5.96. The molecule has 0 fully saturated rings. The number of nitrogens with two attached hydrogens (primary N) is 1. The lowest BCUT2D eigenvalue weighted by molar-refractivity contribution is -0.0171. The van der Waals surface area contributed by atoms with E-state index >= 15 is 0 Å². The van der Waals surface area contributed by atoms with Gasteiger partial charge < -0.3 is 9.15 Å². The molecule has 1 unspecified atom stereocenters. The molecule has 0 radical (unpaired) electrons. The number of halogens is 1. The van der Waals surface area contributed by atoms with Gasteiger partial charge in [-0.05, 0) is 45.0 Å². The number of hydrogen-bond donors (Lipinski definition) is 2. The molecule has 1 aromatic heterocycles. The van der Waals surface area contributed by atoms with Crippen molar-refractivity contribution in [1.29, 1.82) is 0 Å². The summed E-state index contributed by atoms with van der Waals surface area (Å²) in [6.45, 7) is 6.44. The van der Waals surface area contributed by atoms with E-state index < -0.39 is 0 Å². The van der Waals surface area contributed by atoms with Crippen LogP contribution in [0.3, 0.4) is 0 Å². The van der Waals surface area contributed by atoms with Gasteiger partial charge in [0.15, 0.2) is 0 Å². The predicted molar refractivity (Wildman–Crippen MR) is 77.0 cm³/mol. The van der Waals surface area contributed by atoms with Crippen molar-refractivity contribution in [2.24, 2.45) is 5.84 Å². The smallest absolute Gasteiger partial charge is 0.134 e. The molecule has 3 N–H and O–H groups in total. The van der Waals surface area contributed by atoms with Crippen LogP contribution in [0.15, 0.2) is 28.7 Å². The van der Waals surface area contributed by atoms with E-state index in [9.17, 15) is 0 Å². The van der Waals surface area contributed by atoms with Crippen molar-refractivity contribution in [3.05, 3.63) is 35.0 Å². The molecule has 0 bridgehead atoms. The number of hydrazine groups is 1. The Morgan fingerprint density at radius 3 is 2.74 bits per heavy atom. The second kappa shape index (κ2) is 5.51. The van der Waals surface area contributed by atoms with Gasteiger partial charge in [0, 0.05) is 10.4 Å². The van der Waals surface area contributed by atoms with E-state index in [2.05, 4.69) is 5.43 Å². The highest BCUT2D eigenvalue weighted by Gasteiger charge is 2.19. The summed E-state index contributed by atoms with van der Waals surface area (Å²) in [5, 5.41) is 1.64. The molecule has 0 amide bonds. The summed E-state index contributed by atoms with van der Waals surface area (Å²) in [6, 6.07) is 7.25. The van der Waals surface area contributed by atoms with Gasteiger partial charge in [0.25, 0.3) is 0 Å². The Balaban J connectivity index is 2.20. The Hall–Kier alpha value is -1.07. The SMILES string of the molecule is CC(C)(C)OCC(NN)c1cc2cc(Cl)ccc2o1. The number of furan rings is 1. The lowest BCUT2D eigenvalue weighted by Crippen LogP contribution is -2.34. The molecule has 5 heteroatoms. The standard InChI is InChI=1S/C14H19ClN2O2/c1-14(2,3)18-8-11(17-16)13-7-9-6-10(15)4-5-12(9)19-13/h4-7,11,17H,8,16H2,1-3H3. The van der Waals surface area contributed by atoms with Crippen LogP contribution in [-0.2, 0) is 4.74 Å². The zero-order chi connectivity index (χ0) is 14.0. The van der Waals surface area contributed by atoms with E-state index in [1.54, 1.807) is 6.07 Å². The molecule has 19 heavy (non-hydrogen) atoms. The molecular formula is C14H19ClN2O2. The summed E-state index contributed by atoms with van der Waals surface area (Å²) in [5.41, 5.74) is 3.28. The van der Waals surface area contributed by atoms with Crippen molar-refractivity contribution in [3.8, 4) is 0 Å². The minimum Gasteiger partial charge on any atom is -0.459 e. The lowest BCUT2D eigenvalue weighted by atomic mass is 10.1. The third-order valence-electron chi connectivity index (χ3n) is 2.73. The fraction of sp³-hybridized carbons (Fsp3) is 0.429. The molecule has 0 spiro atoms. The van der Waals surface area contributed by atoms with Gasteiger partial charge in [-0.25, -0.2) is 5.43 Å². The number of rotatable bonds is 4. The van der Waals surface area contributed by atoms with Crippen LogP contribution in [0.1, 0.15) is 32.6 Å². The lowest BCUT2D eigenvalue weighted by Gasteiger charge is -2.23. The summed E-state index contributed by atoms with van der Waals surface area (Å²) < 4.78 is 11.5. The molecule has 0 aliphatic heterocycles. The largest absolute Gasteiger partial charge is 0.459 e. The zero-order valence-corrected chi connectivity index (χ0v) is 12.1. The minimum atomic E-state index is -0.218. The first-order valence-corrected chi connectivity index (χ1v) is 6.56. The summed E-state index contributed by atoms with van der Waals surface area (Å²) in [4.78, 5) is 0. The quantitative estimate of drug-likeness (QED) is 0.666. The van der Waals surface area contributed by atoms with Gasteiger partial charge in [0.05, 0.1) is 12.2 Å². The summed E-state index contributed by atoms with van der Waals surface area (Å²) in [5.74, 6) is 6.31. The maximum Gasteiger partial charge on any atom is 0.134 e. The van der Waals surface area contributed by atoms with E-state index in [0.29, 0.717) is 11.6 Å². The first-order valence-electron chi connectivity index (χ1n) is 6.18. The van der Waals surface area contributed by atoms with Gasteiger partial charge in [0.1, 0.15) is 17.4 Å². The average molecular weight is 283 g/mol. The fourth-order valence-electron chi connectivity index (χ4n) is 1.75. The Morgan fingerprint density at radius 1 is 1.37 bits per heavy atom. The Kier molecular flexibility index (Phi) is 4.16. The number of benzene rings is 1. The van der Waals surface area contributed by atoms with Crippen LogP contribution in [0.4, 0.5) is 0 Å². The third-order valence-corrected chi connectivity index (χ3v) is 2.96. The second-order valence-electron chi connectivity index (χ2n) is 5.47. The molecular weight excluding hydrogens is 264 g/mol. The number of ether oxygens (including phenoxy) is 1. The van der Waals surface area contributed by atoms with Crippen LogP contribution in [0.25, 0.3) is 11.0 Å². The number of fused-ring (bicyclic) bond motifs is 1. The molecule has 0 saturated carbocycles. The van der Waals surface area contributed by atoms with Crippen molar-refractivity contribution in [3.63, 3.8) is 0 Å². The minimum absolute atomic E-state index is 0.189. The average Bonchev–Trinajstić information content (AvgIpc) is 2.71. The first kappa shape index (κ1) is 14.3. The van der Waals surface area contributed by atoms with Gasteiger partial charge in [-0.1, -0.05) is 11.6 Å². The predicted octanol–water partition coefficient (Wildman–Crippen LogP) is 3.41. The van der Waals surface area contributed by atoms with E-state index in [1.165, 1.54) is 0 Å². The Labute approximate surface area is 117 Å². The van der Waals surface area contributed by atoms with Crippen LogP contribution in [0.2, 0.25) is 5.02 Å². The monoisotopic (exact) mass is 282 g/mol. The topological polar surface area (TPSA) is 60.4 Å². The van der Waals surface area contributed by atoms with Crippen LogP contribution >= 0.6 is 11.6 Å².